The van der Waals surface area contributed by atoms with Crippen LogP contribution in [-0.4, -0.2) is 4.98 Å². The molecule has 0 aliphatic carbocycles. The molecule has 5 rings (SSSR count). The fourth-order valence-electron chi connectivity index (χ4n) is 3.57. The van der Waals surface area contributed by atoms with E-state index in [1.165, 1.54) is 27.3 Å². The molecular weight excluding hydrogens is 506 g/mol. The SMILES string of the molecule is [Ir].[c-]1ccc(-c2ccccc2)cc1-c1nccc2c1ccc1ccccc12. The van der Waals surface area contributed by atoms with Crippen molar-refractivity contribution in [1.82, 2.24) is 4.98 Å². The van der Waals surface area contributed by atoms with E-state index in [0.29, 0.717) is 0 Å². The molecule has 0 unspecified atom stereocenters. The molecule has 4 aromatic carbocycles. The van der Waals surface area contributed by atoms with E-state index in [0.717, 1.165) is 16.6 Å². The van der Waals surface area contributed by atoms with E-state index in [-0.39, 0.29) is 20.1 Å². The first-order valence-electron chi connectivity index (χ1n) is 8.74. The second-order valence-electron chi connectivity index (χ2n) is 6.40. The van der Waals surface area contributed by atoms with Crippen LogP contribution in [0, 0.1) is 6.07 Å². The average Bonchev–Trinajstić information content (AvgIpc) is 2.74. The van der Waals surface area contributed by atoms with Gasteiger partial charge in [0.25, 0.3) is 0 Å². The summed E-state index contributed by atoms with van der Waals surface area (Å²) in [6.45, 7) is 0. The molecule has 0 saturated carbocycles. The Morgan fingerprint density at radius 2 is 1.44 bits per heavy atom. The largest absolute Gasteiger partial charge is 0.304 e. The molecule has 5 aromatic rings. The third-order valence-electron chi connectivity index (χ3n) is 4.83. The number of fused-ring (bicyclic) bond motifs is 3. The molecule has 0 aliphatic heterocycles. The van der Waals surface area contributed by atoms with Crippen molar-refractivity contribution < 1.29 is 20.1 Å². The summed E-state index contributed by atoms with van der Waals surface area (Å²) in [5, 5.41) is 4.89. The minimum Gasteiger partial charge on any atom is -0.304 e. The van der Waals surface area contributed by atoms with E-state index in [4.69, 9.17) is 0 Å². The summed E-state index contributed by atoms with van der Waals surface area (Å²) >= 11 is 0. The third-order valence-corrected chi connectivity index (χ3v) is 4.83. The fraction of sp³-hybridized carbons (Fsp3) is 0. The Hall–Kier alpha value is -2.80. The molecule has 0 fully saturated rings. The molecule has 1 heterocycles. The maximum atomic E-state index is 4.69. The molecule has 0 aliphatic rings. The number of hydrogen-bond donors (Lipinski definition) is 0. The standard InChI is InChI=1S/C25H16N.Ir/c1-2-7-18(8-3-1)20-10-6-11-21(17-20)25-24-14-13-19-9-4-5-12-22(19)23(24)15-16-26-25;/h1-10,12-17H;/q-1;. The number of benzene rings is 4. The maximum Gasteiger partial charge on any atom is 0.0167 e. The molecule has 0 spiro atoms. The first kappa shape index (κ1) is 17.6. The van der Waals surface area contributed by atoms with Gasteiger partial charge in [0.1, 0.15) is 0 Å². The molecule has 2 heteroatoms. The van der Waals surface area contributed by atoms with Gasteiger partial charge in [-0.15, -0.1) is 35.4 Å². The molecule has 0 atom stereocenters. The number of hydrogen-bond acceptors (Lipinski definition) is 1. The summed E-state index contributed by atoms with van der Waals surface area (Å²) in [5.74, 6) is 0. The number of rotatable bonds is 2. The van der Waals surface area contributed by atoms with Crippen molar-refractivity contribution in [3.63, 3.8) is 0 Å². The van der Waals surface area contributed by atoms with Crippen LogP contribution in [0.15, 0.2) is 97.2 Å². The van der Waals surface area contributed by atoms with E-state index >= 15 is 0 Å². The van der Waals surface area contributed by atoms with Gasteiger partial charge in [-0.25, -0.2) is 0 Å². The zero-order valence-corrected chi connectivity index (χ0v) is 16.9. The summed E-state index contributed by atoms with van der Waals surface area (Å²) in [7, 11) is 0. The van der Waals surface area contributed by atoms with Gasteiger partial charge in [-0.3, -0.25) is 0 Å². The molecule has 0 bridgehead atoms. The van der Waals surface area contributed by atoms with E-state index < -0.39 is 0 Å². The summed E-state index contributed by atoms with van der Waals surface area (Å²) in [6, 6.07) is 35.0. The van der Waals surface area contributed by atoms with Gasteiger partial charge in [-0.1, -0.05) is 66.7 Å². The number of pyridine rings is 1. The van der Waals surface area contributed by atoms with E-state index in [1.807, 2.05) is 18.3 Å². The van der Waals surface area contributed by atoms with Crippen molar-refractivity contribution >= 4 is 21.5 Å². The fourth-order valence-corrected chi connectivity index (χ4v) is 3.57. The van der Waals surface area contributed by atoms with Crippen LogP contribution in [0.2, 0.25) is 0 Å². The predicted octanol–water partition coefficient (Wildman–Crippen LogP) is 6.52. The van der Waals surface area contributed by atoms with Crippen molar-refractivity contribution in [2.45, 2.75) is 0 Å². The zero-order valence-electron chi connectivity index (χ0n) is 14.5. The Morgan fingerprint density at radius 1 is 0.630 bits per heavy atom. The van der Waals surface area contributed by atoms with Crippen LogP contribution in [-0.2, 0) is 20.1 Å². The molecule has 131 valence electrons. The normalized spacial score (nSPS) is 10.7. The smallest absolute Gasteiger partial charge is 0.0167 e. The van der Waals surface area contributed by atoms with Gasteiger partial charge in [0.2, 0.25) is 0 Å². The number of nitrogens with zero attached hydrogens (tertiary/aromatic N) is 1. The molecule has 0 saturated heterocycles. The van der Waals surface area contributed by atoms with Crippen LogP contribution in [0.4, 0.5) is 0 Å². The second-order valence-corrected chi connectivity index (χ2v) is 6.40. The first-order valence-corrected chi connectivity index (χ1v) is 8.74. The van der Waals surface area contributed by atoms with E-state index in [9.17, 15) is 0 Å². The summed E-state index contributed by atoms with van der Waals surface area (Å²) in [6.07, 6.45) is 1.90. The molecule has 1 aromatic heterocycles. The van der Waals surface area contributed by atoms with Gasteiger partial charge in [-0.2, -0.15) is 0 Å². The Bertz CT molecular complexity index is 1230. The van der Waals surface area contributed by atoms with Crippen LogP contribution in [0.5, 0.6) is 0 Å². The summed E-state index contributed by atoms with van der Waals surface area (Å²) in [4.78, 5) is 4.69. The zero-order chi connectivity index (χ0) is 17.3. The summed E-state index contributed by atoms with van der Waals surface area (Å²) in [5.41, 5.74) is 4.38. The van der Waals surface area contributed by atoms with Crippen molar-refractivity contribution in [2.24, 2.45) is 0 Å². The van der Waals surface area contributed by atoms with Crippen LogP contribution in [0.25, 0.3) is 43.9 Å². The first-order chi connectivity index (χ1) is 12.9. The van der Waals surface area contributed by atoms with Crippen LogP contribution in [0.3, 0.4) is 0 Å². The predicted molar refractivity (Wildman–Crippen MR) is 109 cm³/mol. The third kappa shape index (κ3) is 3.19. The molecule has 27 heavy (non-hydrogen) atoms. The van der Waals surface area contributed by atoms with Gasteiger partial charge >= 0.3 is 0 Å². The maximum absolute atomic E-state index is 4.69. The van der Waals surface area contributed by atoms with Gasteiger partial charge in [0.05, 0.1) is 0 Å². The Labute approximate surface area is 172 Å². The minimum atomic E-state index is 0. The van der Waals surface area contributed by atoms with Crippen molar-refractivity contribution in [2.75, 3.05) is 0 Å². The second kappa shape index (κ2) is 7.44. The Kier molecular flexibility index (Phi) is 4.85. The van der Waals surface area contributed by atoms with Crippen LogP contribution in [0.1, 0.15) is 0 Å². The quantitative estimate of drug-likeness (QED) is 0.190. The average molecular weight is 523 g/mol. The van der Waals surface area contributed by atoms with E-state index in [1.54, 1.807) is 0 Å². The molecule has 0 N–H and O–H groups in total. The van der Waals surface area contributed by atoms with Crippen LogP contribution < -0.4 is 0 Å². The Balaban J connectivity index is 0.00000180. The topological polar surface area (TPSA) is 12.9 Å². The van der Waals surface area contributed by atoms with Gasteiger partial charge < -0.3 is 4.98 Å². The minimum absolute atomic E-state index is 0. The van der Waals surface area contributed by atoms with Crippen LogP contribution >= 0.6 is 0 Å². The van der Waals surface area contributed by atoms with Gasteiger partial charge in [0.15, 0.2) is 0 Å². The molecule has 1 radical (unpaired) electrons. The van der Waals surface area contributed by atoms with Crippen molar-refractivity contribution in [1.29, 1.82) is 0 Å². The molecular formula is C25H16IrN-. The molecule has 0 amide bonds. The van der Waals surface area contributed by atoms with E-state index in [2.05, 4.69) is 89.9 Å². The van der Waals surface area contributed by atoms with Crippen molar-refractivity contribution in [3.8, 4) is 22.4 Å². The Morgan fingerprint density at radius 3 is 2.33 bits per heavy atom. The van der Waals surface area contributed by atoms with Crippen molar-refractivity contribution in [3.05, 3.63) is 103 Å². The monoisotopic (exact) mass is 523 g/mol. The number of aromatic nitrogens is 1. The van der Waals surface area contributed by atoms with Gasteiger partial charge in [-0.05, 0) is 38.9 Å². The van der Waals surface area contributed by atoms with Gasteiger partial charge in [0, 0.05) is 26.3 Å². The summed E-state index contributed by atoms with van der Waals surface area (Å²) < 4.78 is 0. The molecule has 1 nitrogen and oxygen atoms in total.